The number of H-pyrrole nitrogens is 1. The third-order valence-corrected chi connectivity index (χ3v) is 3.12. The molecule has 0 amide bonds. The SMILES string of the molecule is O=C(O)Cc1nnc(Cc2nc3ccc(Br)cc3[nH]2)o1. The number of carboxylic acids is 1. The van der Waals surface area contributed by atoms with E-state index in [1.165, 1.54) is 0 Å². The average Bonchev–Trinajstić information content (AvgIpc) is 2.95. The van der Waals surface area contributed by atoms with E-state index in [4.69, 9.17) is 9.52 Å². The van der Waals surface area contributed by atoms with Crippen LogP contribution in [0.3, 0.4) is 0 Å². The molecule has 0 saturated heterocycles. The Labute approximate surface area is 121 Å². The van der Waals surface area contributed by atoms with Gasteiger partial charge in [-0.05, 0) is 18.2 Å². The van der Waals surface area contributed by atoms with Gasteiger partial charge in [-0.1, -0.05) is 15.9 Å². The summed E-state index contributed by atoms with van der Waals surface area (Å²) in [7, 11) is 0. The zero-order valence-corrected chi connectivity index (χ0v) is 11.7. The molecule has 0 bridgehead atoms. The molecule has 0 aliphatic rings. The Hall–Kier alpha value is -2.22. The highest BCUT2D eigenvalue weighted by molar-refractivity contribution is 9.10. The maximum atomic E-state index is 10.5. The highest BCUT2D eigenvalue weighted by atomic mass is 79.9. The lowest BCUT2D eigenvalue weighted by Gasteiger charge is -1.89. The molecule has 2 aromatic heterocycles. The molecule has 2 N–H and O–H groups in total. The average molecular weight is 337 g/mol. The second kappa shape index (κ2) is 5.04. The first kappa shape index (κ1) is 12.8. The minimum Gasteiger partial charge on any atom is -0.481 e. The molecule has 20 heavy (non-hydrogen) atoms. The van der Waals surface area contributed by atoms with Crippen LogP contribution in [0.25, 0.3) is 11.0 Å². The van der Waals surface area contributed by atoms with Gasteiger partial charge in [0.1, 0.15) is 12.2 Å². The summed E-state index contributed by atoms with van der Waals surface area (Å²) in [5, 5.41) is 16.1. The fourth-order valence-corrected chi connectivity index (χ4v) is 2.18. The van der Waals surface area contributed by atoms with Crippen molar-refractivity contribution in [1.29, 1.82) is 0 Å². The number of aromatic nitrogens is 4. The van der Waals surface area contributed by atoms with Gasteiger partial charge in [0, 0.05) is 4.47 Å². The first-order valence-electron chi connectivity index (χ1n) is 5.77. The van der Waals surface area contributed by atoms with Crippen molar-refractivity contribution in [2.24, 2.45) is 0 Å². The van der Waals surface area contributed by atoms with Gasteiger partial charge in [0.2, 0.25) is 11.8 Å². The molecule has 0 radical (unpaired) electrons. The second-order valence-electron chi connectivity index (χ2n) is 4.18. The normalized spacial score (nSPS) is 11.1. The Morgan fingerprint density at radius 2 is 2.15 bits per heavy atom. The molecule has 0 unspecified atom stereocenters. The fourth-order valence-electron chi connectivity index (χ4n) is 1.82. The van der Waals surface area contributed by atoms with Crippen LogP contribution in [0.2, 0.25) is 0 Å². The minimum absolute atomic E-state index is 0.0892. The molecule has 0 spiro atoms. The topological polar surface area (TPSA) is 105 Å². The molecule has 0 aliphatic carbocycles. The Morgan fingerprint density at radius 1 is 1.35 bits per heavy atom. The number of nitrogens with one attached hydrogen (secondary N) is 1. The highest BCUT2D eigenvalue weighted by Crippen LogP contribution is 2.18. The fraction of sp³-hybridized carbons (Fsp3) is 0.167. The predicted octanol–water partition coefficient (Wildman–Crippen LogP) is 1.93. The third kappa shape index (κ3) is 2.69. The molecule has 1 aromatic carbocycles. The molecular weight excluding hydrogens is 328 g/mol. The molecule has 3 aromatic rings. The summed E-state index contributed by atoms with van der Waals surface area (Å²) in [4.78, 5) is 18.1. The van der Waals surface area contributed by atoms with Crippen LogP contribution in [0, 0.1) is 0 Å². The number of fused-ring (bicyclic) bond motifs is 1. The number of imidazole rings is 1. The summed E-state index contributed by atoms with van der Waals surface area (Å²) in [6.45, 7) is 0. The van der Waals surface area contributed by atoms with Gasteiger partial charge in [0.05, 0.1) is 17.5 Å². The van der Waals surface area contributed by atoms with Gasteiger partial charge in [-0.25, -0.2) is 4.98 Å². The summed E-state index contributed by atoms with van der Waals surface area (Å²) >= 11 is 3.39. The summed E-state index contributed by atoms with van der Waals surface area (Å²) in [6, 6.07) is 5.73. The largest absolute Gasteiger partial charge is 0.481 e. The quantitative estimate of drug-likeness (QED) is 0.754. The Balaban J connectivity index is 1.81. The maximum absolute atomic E-state index is 10.5. The maximum Gasteiger partial charge on any atom is 0.312 e. The van der Waals surface area contributed by atoms with Gasteiger partial charge < -0.3 is 14.5 Å². The van der Waals surface area contributed by atoms with Crippen LogP contribution in [0.15, 0.2) is 27.1 Å². The number of aromatic amines is 1. The number of carbonyl (C=O) groups is 1. The van der Waals surface area contributed by atoms with Gasteiger partial charge >= 0.3 is 5.97 Å². The van der Waals surface area contributed by atoms with E-state index in [1.807, 2.05) is 18.2 Å². The lowest BCUT2D eigenvalue weighted by atomic mass is 10.3. The van der Waals surface area contributed by atoms with Crippen molar-refractivity contribution in [3.63, 3.8) is 0 Å². The number of aliphatic carboxylic acids is 1. The molecule has 102 valence electrons. The smallest absolute Gasteiger partial charge is 0.312 e. The van der Waals surface area contributed by atoms with Crippen molar-refractivity contribution in [3.8, 4) is 0 Å². The van der Waals surface area contributed by atoms with E-state index >= 15 is 0 Å². The van der Waals surface area contributed by atoms with Crippen LogP contribution in [-0.2, 0) is 17.6 Å². The number of halogens is 1. The number of carboxylic acid groups (broad SMARTS) is 1. The zero-order valence-electron chi connectivity index (χ0n) is 10.1. The Morgan fingerprint density at radius 3 is 2.95 bits per heavy atom. The number of hydrogen-bond donors (Lipinski definition) is 2. The van der Waals surface area contributed by atoms with Gasteiger partial charge in [-0.2, -0.15) is 0 Å². The molecule has 0 fully saturated rings. The summed E-state index contributed by atoms with van der Waals surface area (Å²) in [5.41, 5.74) is 1.74. The van der Waals surface area contributed by atoms with Crippen LogP contribution >= 0.6 is 15.9 Å². The van der Waals surface area contributed by atoms with E-state index in [-0.39, 0.29) is 12.3 Å². The van der Waals surface area contributed by atoms with E-state index in [2.05, 4.69) is 36.1 Å². The van der Waals surface area contributed by atoms with Crippen molar-refractivity contribution in [3.05, 3.63) is 40.3 Å². The van der Waals surface area contributed by atoms with Crippen LogP contribution in [0.5, 0.6) is 0 Å². The molecular formula is C12H9BrN4O3. The predicted molar refractivity (Wildman–Crippen MR) is 72.2 cm³/mol. The molecule has 0 atom stereocenters. The lowest BCUT2D eigenvalue weighted by molar-refractivity contribution is -0.136. The number of benzene rings is 1. The zero-order chi connectivity index (χ0) is 14.1. The minimum atomic E-state index is -1.01. The molecule has 2 heterocycles. The first-order chi connectivity index (χ1) is 9.60. The Kier molecular flexibility index (Phi) is 3.23. The monoisotopic (exact) mass is 336 g/mol. The van der Waals surface area contributed by atoms with Crippen LogP contribution in [0.4, 0.5) is 0 Å². The van der Waals surface area contributed by atoms with Crippen molar-refractivity contribution in [2.45, 2.75) is 12.8 Å². The first-order valence-corrected chi connectivity index (χ1v) is 6.56. The number of hydrogen-bond acceptors (Lipinski definition) is 5. The molecule has 0 saturated carbocycles. The highest BCUT2D eigenvalue weighted by Gasteiger charge is 2.12. The van der Waals surface area contributed by atoms with Gasteiger partial charge in [-0.3, -0.25) is 4.79 Å². The molecule has 8 heteroatoms. The van der Waals surface area contributed by atoms with Crippen molar-refractivity contribution >= 4 is 32.9 Å². The van der Waals surface area contributed by atoms with E-state index in [1.54, 1.807) is 0 Å². The standard InChI is InChI=1S/C12H9BrN4O3/c13-6-1-2-7-8(3-6)15-9(14-7)4-10-16-17-11(20-10)5-12(18)19/h1-3H,4-5H2,(H,14,15)(H,18,19). The van der Waals surface area contributed by atoms with E-state index in [9.17, 15) is 4.79 Å². The number of nitrogens with zero attached hydrogens (tertiary/aromatic N) is 3. The second-order valence-corrected chi connectivity index (χ2v) is 5.10. The Bertz CT molecular complexity index is 780. The van der Waals surface area contributed by atoms with Crippen LogP contribution in [0.1, 0.15) is 17.6 Å². The summed E-state index contributed by atoms with van der Waals surface area (Å²) in [6.07, 6.45) is 0.0546. The van der Waals surface area contributed by atoms with Crippen LogP contribution in [-0.4, -0.2) is 31.2 Å². The van der Waals surface area contributed by atoms with Crippen molar-refractivity contribution in [2.75, 3.05) is 0 Å². The van der Waals surface area contributed by atoms with Gasteiger partial charge in [-0.15, -0.1) is 10.2 Å². The van der Waals surface area contributed by atoms with E-state index in [0.29, 0.717) is 18.1 Å². The third-order valence-electron chi connectivity index (χ3n) is 2.62. The lowest BCUT2D eigenvalue weighted by Crippen LogP contribution is -1.99. The van der Waals surface area contributed by atoms with E-state index in [0.717, 1.165) is 15.5 Å². The van der Waals surface area contributed by atoms with Crippen molar-refractivity contribution in [1.82, 2.24) is 20.2 Å². The van der Waals surface area contributed by atoms with Gasteiger partial charge in [0.15, 0.2) is 0 Å². The summed E-state index contributed by atoms with van der Waals surface area (Å²) in [5.74, 6) is 0.100. The number of rotatable bonds is 4. The molecule has 3 rings (SSSR count). The van der Waals surface area contributed by atoms with Crippen molar-refractivity contribution < 1.29 is 14.3 Å². The van der Waals surface area contributed by atoms with Crippen LogP contribution < -0.4 is 0 Å². The molecule has 7 nitrogen and oxygen atoms in total. The molecule has 0 aliphatic heterocycles. The van der Waals surface area contributed by atoms with Gasteiger partial charge in [0.25, 0.3) is 0 Å². The van der Waals surface area contributed by atoms with E-state index < -0.39 is 5.97 Å². The summed E-state index contributed by atoms with van der Waals surface area (Å²) < 4.78 is 6.21.